The van der Waals surface area contributed by atoms with Gasteiger partial charge in [-0.25, -0.2) is 0 Å². The van der Waals surface area contributed by atoms with Gasteiger partial charge < -0.3 is 15.3 Å². The standard InChI is InChI=1S/C28H48O3/c1-16(2)17(3)7-8-18(4)22-11-12-23-21-10-9-19-13-20(29)14-25(31)28(19,6)26(21)24(30)15-27(22,23)5/h9,16-18,20-26,29-31H,7-8,10-15H2,1-6H3/t17-,18+,20+,21-,22+,23-,24+,25-,26+,27+,28+/m0/s1. The average Bonchev–Trinajstić information content (AvgIpc) is 3.03. The van der Waals surface area contributed by atoms with Crippen LogP contribution in [0.4, 0.5) is 0 Å². The second kappa shape index (κ2) is 8.44. The molecule has 0 aromatic carbocycles. The summed E-state index contributed by atoms with van der Waals surface area (Å²) in [6.45, 7) is 14.2. The van der Waals surface area contributed by atoms with Gasteiger partial charge in [-0.2, -0.15) is 0 Å². The lowest BCUT2D eigenvalue weighted by Crippen LogP contribution is -2.60. The van der Waals surface area contributed by atoms with Crippen LogP contribution in [0.25, 0.3) is 0 Å². The van der Waals surface area contributed by atoms with Gasteiger partial charge >= 0.3 is 0 Å². The van der Waals surface area contributed by atoms with Crippen LogP contribution in [0.2, 0.25) is 0 Å². The Bertz CT molecular complexity index is 686. The van der Waals surface area contributed by atoms with Crippen molar-refractivity contribution in [1.29, 1.82) is 0 Å². The molecule has 0 bridgehead atoms. The summed E-state index contributed by atoms with van der Waals surface area (Å²) in [5, 5.41) is 32.9. The highest BCUT2D eigenvalue weighted by Gasteiger charge is 2.63. The highest BCUT2D eigenvalue weighted by Crippen LogP contribution is 2.67. The maximum absolute atomic E-state index is 11.6. The molecule has 0 saturated heterocycles. The molecule has 178 valence electrons. The topological polar surface area (TPSA) is 60.7 Å². The third kappa shape index (κ3) is 3.75. The number of fused-ring (bicyclic) bond motifs is 5. The normalized spacial score (nSPS) is 49.1. The van der Waals surface area contributed by atoms with Gasteiger partial charge in [-0.15, -0.1) is 0 Å². The average molecular weight is 433 g/mol. The summed E-state index contributed by atoms with van der Waals surface area (Å²) in [5.41, 5.74) is 1.04. The molecule has 0 aromatic rings. The van der Waals surface area contributed by atoms with Crippen molar-refractivity contribution >= 4 is 0 Å². The molecule has 4 rings (SSSR count). The van der Waals surface area contributed by atoms with Gasteiger partial charge in [0.15, 0.2) is 0 Å². The molecule has 4 aliphatic carbocycles. The van der Waals surface area contributed by atoms with Crippen molar-refractivity contribution in [1.82, 2.24) is 0 Å². The van der Waals surface area contributed by atoms with Gasteiger partial charge in [0.2, 0.25) is 0 Å². The molecule has 0 aliphatic heterocycles. The first kappa shape index (κ1) is 23.8. The number of aliphatic hydroxyl groups excluding tert-OH is 3. The van der Waals surface area contributed by atoms with Gasteiger partial charge in [-0.1, -0.05) is 66.0 Å². The summed E-state index contributed by atoms with van der Waals surface area (Å²) in [6.07, 6.45) is 9.17. The Balaban J connectivity index is 1.56. The van der Waals surface area contributed by atoms with Crippen LogP contribution in [0.1, 0.15) is 92.9 Å². The second-order valence-electron chi connectivity index (χ2n) is 12.9. The number of rotatable bonds is 5. The summed E-state index contributed by atoms with van der Waals surface area (Å²) in [4.78, 5) is 0. The Morgan fingerprint density at radius 1 is 1.03 bits per heavy atom. The van der Waals surface area contributed by atoms with Crippen molar-refractivity contribution in [2.45, 2.75) is 111 Å². The maximum atomic E-state index is 11.6. The Kier molecular flexibility index (Phi) is 6.47. The first-order valence-electron chi connectivity index (χ1n) is 13.2. The van der Waals surface area contributed by atoms with Crippen molar-refractivity contribution < 1.29 is 15.3 Å². The van der Waals surface area contributed by atoms with Crippen molar-refractivity contribution in [3.8, 4) is 0 Å². The summed E-state index contributed by atoms with van der Waals surface area (Å²) >= 11 is 0. The third-order valence-corrected chi connectivity index (χ3v) is 11.1. The number of allylic oxidation sites excluding steroid dienone is 1. The summed E-state index contributed by atoms with van der Waals surface area (Å²) in [7, 11) is 0. The fourth-order valence-electron chi connectivity index (χ4n) is 8.85. The van der Waals surface area contributed by atoms with Crippen LogP contribution in [0, 0.1) is 52.3 Å². The van der Waals surface area contributed by atoms with E-state index in [0.717, 1.165) is 24.7 Å². The van der Waals surface area contributed by atoms with E-state index in [1.807, 2.05) is 0 Å². The van der Waals surface area contributed by atoms with Crippen molar-refractivity contribution in [2.75, 3.05) is 0 Å². The SMILES string of the molecule is CC(C)[C@@H](C)CC[C@@H](C)[C@H]1CC[C@H]2[C@@H]3CC=C4C[C@@H](O)C[C@H](O)[C@]4(C)[C@H]3[C@H](O)C[C@]12C. The van der Waals surface area contributed by atoms with E-state index in [0.29, 0.717) is 36.5 Å². The van der Waals surface area contributed by atoms with Gasteiger partial charge in [-0.05, 0) is 78.9 Å². The molecule has 11 atom stereocenters. The lowest BCUT2D eigenvalue weighted by molar-refractivity contribution is -0.159. The quantitative estimate of drug-likeness (QED) is 0.497. The van der Waals surface area contributed by atoms with E-state index in [9.17, 15) is 15.3 Å². The van der Waals surface area contributed by atoms with Crippen molar-refractivity contribution in [3.63, 3.8) is 0 Å². The Morgan fingerprint density at radius 2 is 1.74 bits per heavy atom. The molecule has 0 unspecified atom stereocenters. The number of hydrogen-bond donors (Lipinski definition) is 3. The first-order chi connectivity index (χ1) is 14.5. The predicted molar refractivity (Wildman–Crippen MR) is 126 cm³/mol. The van der Waals surface area contributed by atoms with Crippen LogP contribution >= 0.6 is 0 Å². The second-order valence-corrected chi connectivity index (χ2v) is 12.9. The Labute approximate surface area is 190 Å². The summed E-state index contributed by atoms with van der Waals surface area (Å²) in [6, 6.07) is 0. The summed E-state index contributed by atoms with van der Waals surface area (Å²) < 4.78 is 0. The fourth-order valence-corrected chi connectivity index (χ4v) is 8.85. The van der Waals surface area contributed by atoms with E-state index in [1.54, 1.807) is 0 Å². The molecule has 3 fully saturated rings. The van der Waals surface area contributed by atoms with Crippen LogP contribution in [-0.4, -0.2) is 33.6 Å². The minimum atomic E-state index is -0.553. The molecule has 0 radical (unpaired) electrons. The van der Waals surface area contributed by atoms with Crippen molar-refractivity contribution in [3.05, 3.63) is 11.6 Å². The van der Waals surface area contributed by atoms with Crippen LogP contribution < -0.4 is 0 Å². The zero-order chi connectivity index (χ0) is 22.7. The van der Waals surface area contributed by atoms with Crippen LogP contribution in [-0.2, 0) is 0 Å². The lowest BCUT2D eigenvalue weighted by Gasteiger charge is -2.61. The van der Waals surface area contributed by atoms with E-state index >= 15 is 0 Å². The minimum Gasteiger partial charge on any atom is -0.393 e. The Hall–Kier alpha value is -0.380. The van der Waals surface area contributed by atoms with E-state index in [-0.39, 0.29) is 22.9 Å². The van der Waals surface area contributed by atoms with Gasteiger partial charge in [0.05, 0.1) is 18.3 Å². The molecule has 4 aliphatic rings. The molecule has 0 amide bonds. The molecular formula is C28H48O3. The van der Waals surface area contributed by atoms with E-state index in [1.165, 1.54) is 31.3 Å². The van der Waals surface area contributed by atoms with Crippen LogP contribution in [0.5, 0.6) is 0 Å². The van der Waals surface area contributed by atoms with E-state index in [4.69, 9.17) is 0 Å². The maximum Gasteiger partial charge on any atom is 0.0659 e. The highest BCUT2D eigenvalue weighted by molar-refractivity contribution is 5.28. The molecular weight excluding hydrogens is 384 g/mol. The van der Waals surface area contributed by atoms with E-state index < -0.39 is 12.2 Å². The van der Waals surface area contributed by atoms with Crippen LogP contribution in [0.3, 0.4) is 0 Å². The smallest absolute Gasteiger partial charge is 0.0659 e. The number of aliphatic hydroxyl groups is 3. The molecule has 0 heterocycles. The molecule has 0 spiro atoms. The predicted octanol–water partition coefficient (Wildman–Crippen LogP) is 5.58. The third-order valence-electron chi connectivity index (χ3n) is 11.1. The van der Waals surface area contributed by atoms with Gasteiger partial charge in [0.1, 0.15) is 0 Å². The minimum absolute atomic E-state index is 0.128. The molecule has 31 heavy (non-hydrogen) atoms. The highest BCUT2D eigenvalue weighted by atomic mass is 16.3. The fraction of sp³-hybridized carbons (Fsp3) is 0.929. The van der Waals surface area contributed by atoms with Gasteiger partial charge in [0, 0.05) is 11.8 Å². The largest absolute Gasteiger partial charge is 0.393 e. The van der Waals surface area contributed by atoms with Crippen molar-refractivity contribution in [2.24, 2.45) is 52.3 Å². The number of hydrogen-bond acceptors (Lipinski definition) is 3. The van der Waals surface area contributed by atoms with E-state index in [2.05, 4.69) is 47.6 Å². The molecule has 3 N–H and O–H groups in total. The summed E-state index contributed by atoms with van der Waals surface area (Å²) in [5.74, 6) is 4.16. The molecule has 3 nitrogen and oxygen atoms in total. The Morgan fingerprint density at radius 3 is 2.42 bits per heavy atom. The molecule has 3 heteroatoms. The lowest BCUT2D eigenvalue weighted by atomic mass is 9.45. The first-order valence-corrected chi connectivity index (χ1v) is 13.2. The zero-order valence-corrected chi connectivity index (χ0v) is 20.8. The zero-order valence-electron chi connectivity index (χ0n) is 20.8. The molecule has 0 aromatic heterocycles. The molecule has 3 saturated carbocycles. The monoisotopic (exact) mass is 432 g/mol. The van der Waals surface area contributed by atoms with Crippen LogP contribution in [0.15, 0.2) is 11.6 Å². The van der Waals surface area contributed by atoms with Gasteiger partial charge in [0.25, 0.3) is 0 Å². The van der Waals surface area contributed by atoms with Gasteiger partial charge in [-0.3, -0.25) is 0 Å².